The maximum atomic E-state index is 11.8. The number of nitrogens with one attached hydrogen (secondary N) is 1. The van der Waals surface area contributed by atoms with Gasteiger partial charge in [0.2, 0.25) is 5.91 Å². The van der Waals surface area contributed by atoms with Crippen LogP contribution in [0.2, 0.25) is 0 Å². The summed E-state index contributed by atoms with van der Waals surface area (Å²) in [6, 6.07) is 0.535. The van der Waals surface area contributed by atoms with E-state index in [-0.39, 0.29) is 5.91 Å². The summed E-state index contributed by atoms with van der Waals surface area (Å²) in [4.78, 5) is 22.9. The molecule has 3 unspecified atom stereocenters. The van der Waals surface area contributed by atoms with Gasteiger partial charge in [-0.05, 0) is 19.3 Å². The van der Waals surface area contributed by atoms with Crippen LogP contribution in [-0.2, 0) is 9.53 Å². The highest BCUT2D eigenvalue weighted by atomic mass is 16.5. The molecule has 7 heteroatoms. The van der Waals surface area contributed by atoms with Crippen LogP contribution in [0.3, 0.4) is 0 Å². The van der Waals surface area contributed by atoms with Gasteiger partial charge in [0.25, 0.3) is 0 Å². The van der Waals surface area contributed by atoms with Crippen molar-refractivity contribution < 1.29 is 9.53 Å². The standard InChI is InChI=1S/C20H35N5O2/c1-21-19(22-17-15-6-14-27-18(15)20(17)7-4-8-20)25-12-10-24(11-13-25)9-5-16(26)23(2)3/h15,17-18H,4-14H2,1-3H3,(H,21,22). The predicted octanol–water partition coefficient (Wildman–Crippen LogP) is 0.615. The molecule has 1 spiro atoms. The van der Waals surface area contributed by atoms with Crippen LogP contribution >= 0.6 is 0 Å². The van der Waals surface area contributed by atoms with Gasteiger partial charge in [0.1, 0.15) is 0 Å². The van der Waals surface area contributed by atoms with Crippen LogP contribution in [0.15, 0.2) is 4.99 Å². The van der Waals surface area contributed by atoms with Gasteiger partial charge in [0.05, 0.1) is 6.10 Å². The largest absolute Gasteiger partial charge is 0.377 e. The van der Waals surface area contributed by atoms with E-state index in [4.69, 9.17) is 4.74 Å². The molecule has 2 saturated heterocycles. The van der Waals surface area contributed by atoms with Crippen LogP contribution in [0, 0.1) is 11.3 Å². The molecule has 0 radical (unpaired) electrons. The molecule has 4 aliphatic rings. The van der Waals surface area contributed by atoms with Crippen LogP contribution in [0.4, 0.5) is 0 Å². The Morgan fingerprint density at radius 3 is 2.59 bits per heavy atom. The normalized spacial score (nSPS) is 32.6. The van der Waals surface area contributed by atoms with Crippen molar-refractivity contribution >= 4 is 11.9 Å². The van der Waals surface area contributed by atoms with E-state index < -0.39 is 0 Å². The summed E-state index contributed by atoms with van der Waals surface area (Å²) in [6.45, 7) is 5.71. The van der Waals surface area contributed by atoms with Gasteiger partial charge in [-0.2, -0.15) is 0 Å². The van der Waals surface area contributed by atoms with Gasteiger partial charge in [-0.1, -0.05) is 6.42 Å². The van der Waals surface area contributed by atoms with E-state index in [0.717, 1.165) is 45.3 Å². The van der Waals surface area contributed by atoms with Gasteiger partial charge in [-0.3, -0.25) is 14.7 Å². The summed E-state index contributed by atoms with van der Waals surface area (Å²) in [5.74, 6) is 1.93. The molecule has 1 amide bonds. The monoisotopic (exact) mass is 377 g/mol. The fourth-order valence-electron chi connectivity index (χ4n) is 5.55. The number of amides is 1. The van der Waals surface area contributed by atoms with E-state index >= 15 is 0 Å². The minimum absolute atomic E-state index is 0.207. The van der Waals surface area contributed by atoms with E-state index in [2.05, 4.69) is 20.1 Å². The van der Waals surface area contributed by atoms with E-state index in [1.165, 1.54) is 25.7 Å². The number of fused-ring (bicyclic) bond motifs is 2. The summed E-state index contributed by atoms with van der Waals surface area (Å²) in [6.07, 6.45) is 6.23. The Labute approximate surface area is 163 Å². The Kier molecular flexibility index (Phi) is 5.34. The van der Waals surface area contributed by atoms with E-state index in [1.54, 1.807) is 4.90 Å². The first-order valence-corrected chi connectivity index (χ1v) is 10.6. The van der Waals surface area contributed by atoms with Crippen LogP contribution in [0.25, 0.3) is 0 Å². The molecule has 152 valence electrons. The Morgan fingerprint density at radius 2 is 2.00 bits per heavy atom. The fourth-order valence-corrected chi connectivity index (χ4v) is 5.55. The molecule has 1 N–H and O–H groups in total. The summed E-state index contributed by atoms with van der Waals surface area (Å²) in [5.41, 5.74) is 0.380. The Morgan fingerprint density at radius 1 is 1.26 bits per heavy atom. The van der Waals surface area contributed by atoms with Gasteiger partial charge < -0.3 is 19.9 Å². The lowest BCUT2D eigenvalue weighted by atomic mass is 9.46. The average molecular weight is 378 g/mol. The van der Waals surface area contributed by atoms with Crippen molar-refractivity contribution in [1.29, 1.82) is 0 Å². The van der Waals surface area contributed by atoms with Crippen molar-refractivity contribution in [1.82, 2.24) is 20.0 Å². The zero-order valence-electron chi connectivity index (χ0n) is 17.1. The predicted molar refractivity (Wildman–Crippen MR) is 106 cm³/mol. The van der Waals surface area contributed by atoms with Gasteiger partial charge in [-0.15, -0.1) is 0 Å². The summed E-state index contributed by atoms with van der Waals surface area (Å²) in [7, 11) is 5.55. The molecule has 2 aliphatic heterocycles. The first-order valence-electron chi connectivity index (χ1n) is 10.6. The molecule has 2 heterocycles. The molecular formula is C20H35N5O2. The Balaban J connectivity index is 1.28. The zero-order chi connectivity index (χ0) is 19.0. The Hall–Kier alpha value is -1.34. The molecule has 0 bridgehead atoms. The molecule has 27 heavy (non-hydrogen) atoms. The first-order chi connectivity index (χ1) is 13.0. The van der Waals surface area contributed by atoms with Crippen LogP contribution < -0.4 is 5.32 Å². The number of aliphatic imine (C=N–C) groups is 1. The summed E-state index contributed by atoms with van der Waals surface area (Å²) >= 11 is 0. The quantitative estimate of drug-likeness (QED) is 0.575. The zero-order valence-corrected chi connectivity index (χ0v) is 17.1. The van der Waals surface area contributed by atoms with Crippen LogP contribution in [0.5, 0.6) is 0 Å². The Bertz CT molecular complexity index is 581. The second-order valence-corrected chi connectivity index (χ2v) is 8.87. The van der Waals surface area contributed by atoms with Crippen molar-refractivity contribution in [2.75, 3.05) is 60.5 Å². The number of carbonyl (C=O) groups is 1. The first kappa shape index (κ1) is 19.0. The van der Waals surface area contributed by atoms with Crippen LogP contribution in [-0.4, -0.2) is 99.2 Å². The molecule has 2 aliphatic carbocycles. The highest BCUT2D eigenvalue weighted by Crippen LogP contribution is 2.62. The van der Waals surface area contributed by atoms with Gasteiger partial charge in [0.15, 0.2) is 5.96 Å². The molecular weight excluding hydrogens is 342 g/mol. The van der Waals surface area contributed by atoms with E-state index in [9.17, 15) is 4.79 Å². The second-order valence-electron chi connectivity index (χ2n) is 8.87. The summed E-state index contributed by atoms with van der Waals surface area (Å²) in [5, 5.41) is 3.83. The minimum atomic E-state index is 0.207. The lowest BCUT2D eigenvalue weighted by Gasteiger charge is -2.63. The highest BCUT2D eigenvalue weighted by Gasteiger charge is 2.66. The van der Waals surface area contributed by atoms with Crippen molar-refractivity contribution in [3.05, 3.63) is 0 Å². The SMILES string of the molecule is CN=C(NC1C2CCOC2C12CCC2)N1CCN(CCC(=O)N(C)C)CC1. The van der Waals surface area contributed by atoms with Crippen molar-refractivity contribution in [2.45, 2.75) is 44.2 Å². The van der Waals surface area contributed by atoms with E-state index in [0.29, 0.717) is 29.9 Å². The molecule has 2 saturated carbocycles. The number of rotatable bonds is 4. The molecule has 0 aromatic carbocycles. The number of piperazine rings is 1. The van der Waals surface area contributed by atoms with Crippen molar-refractivity contribution in [3.63, 3.8) is 0 Å². The van der Waals surface area contributed by atoms with Crippen LogP contribution in [0.1, 0.15) is 32.1 Å². The number of carbonyl (C=O) groups excluding carboxylic acids is 1. The number of ether oxygens (including phenoxy) is 1. The average Bonchev–Trinajstić information content (AvgIpc) is 3.04. The van der Waals surface area contributed by atoms with Crippen molar-refractivity contribution in [3.8, 4) is 0 Å². The molecule has 3 atom stereocenters. The fraction of sp³-hybridized carbons (Fsp3) is 0.900. The topological polar surface area (TPSA) is 60.4 Å². The number of hydrogen-bond acceptors (Lipinski definition) is 4. The summed E-state index contributed by atoms with van der Waals surface area (Å²) < 4.78 is 6.05. The van der Waals surface area contributed by atoms with Gasteiger partial charge in [0, 0.05) is 84.3 Å². The third-order valence-corrected chi connectivity index (χ3v) is 7.35. The lowest BCUT2D eigenvalue weighted by molar-refractivity contribution is -0.171. The second kappa shape index (κ2) is 7.59. The maximum Gasteiger partial charge on any atom is 0.223 e. The maximum absolute atomic E-state index is 11.8. The number of guanidine groups is 1. The molecule has 7 nitrogen and oxygen atoms in total. The van der Waals surface area contributed by atoms with E-state index in [1.807, 2.05) is 21.1 Å². The number of nitrogens with zero attached hydrogens (tertiary/aromatic N) is 4. The van der Waals surface area contributed by atoms with Gasteiger partial charge >= 0.3 is 0 Å². The molecule has 0 aromatic heterocycles. The van der Waals surface area contributed by atoms with Gasteiger partial charge in [-0.25, -0.2) is 0 Å². The van der Waals surface area contributed by atoms with Crippen molar-refractivity contribution in [2.24, 2.45) is 16.3 Å². The lowest BCUT2D eigenvalue weighted by Crippen LogP contribution is -2.73. The molecule has 4 rings (SSSR count). The smallest absolute Gasteiger partial charge is 0.223 e. The molecule has 0 aromatic rings. The molecule has 4 fully saturated rings. The minimum Gasteiger partial charge on any atom is -0.377 e. The highest BCUT2D eigenvalue weighted by molar-refractivity contribution is 5.80. The number of hydrogen-bond donors (Lipinski definition) is 1. The third-order valence-electron chi connectivity index (χ3n) is 7.35. The third kappa shape index (κ3) is 3.33.